The zero-order chi connectivity index (χ0) is 17.9. The SMILES string of the molecule is Cn1nccc1-c1ccc(Sc2cc(C3CCOCC3)ccc2F)cc1. The number of halogens is 1. The lowest BCUT2D eigenvalue weighted by molar-refractivity contribution is 0.0853. The minimum absolute atomic E-state index is 0.165. The van der Waals surface area contributed by atoms with Gasteiger partial charge in [-0.25, -0.2) is 4.39 Å². The van der Waals surface area contributed by atoms with Crippen LogP contribution in [-0.2, 0) is 11.8 Å². The van der Waals surface area contributed by atoms with Crippen molar-refractivity contribution < 1.29 is 9.13 Å². The Labute approximate surface area is 157 Å². The normalized spacial score (nSPS) is 15.3. The van der Waals surface area contributed by atoms with Gasteiger partial charge in [0, 0.05) is 36.2 Å². The summed E-state index contributed by atoms with van der Waals surface area (Å²) in [6.07, 6.45) is 3.81. The molecular formula is C21H21FN2OS. The van der Waals surface area contributed by atoms with Crippen LogP contribution in [0.1, 0.15) is 24.3 Å². The Kier molecular flexibility index (Phi) is 5.09. The lowest BCUT2D eigenvalue weighted by Gasteiger charge is -2.22. The average molecular weight is 368 g/mol. The van der Waals surface area contributed by atoms with Crippen molar-refractivity contribution >= 4 is 11.8 Å². The van der Waals surface area contributed by atoms with E-state index in [1.165, 1.54) is 17.3 Å². The molecule has 1 aromatic heterocycles. The molecule has 1 fully saturated rings. The molecule has 4 rings (SSSR count). The van der Waals surface area contributed by atoms with Gasteiger partial charge < -0.3 is 4.74 Å². The highest BCUT2D eigenvalue weighted by atomic mass is 32.2. The zero-order valence-corrected chi connectivity index (χ0v) is 15.5. The summed E-state index contributed by atoms with van der Waals surface area (Å²) in [6, 6.07) is 15.7. The molecule has 3 nitrogen and oxygen atoms in total. The Morgan fingerprint density at radius 2 is 1.85 bits per heavy atom. The van der Waals surface area contributed by atoms with Crippen LogP contribution < -0.4 is 0 Å². The van der Waals surface area contributed by atoms with Crippen molar-refractivity contribution in [2.75, 3.05) is 13.2 Å². The first-order chi connectivity index (χ1) is 12.7. The first-order valence-corrected chi connectivity index (χ1v) is 9.66. The van der Waals surface area contributed by atoms with Crippen molar-refractivity contribution in [2.24, 2.45) is 7.05 Å². The predicted molar refractivity (Wildman–Crippen MR) is 102 cm³/mol. The van der Waals surface area contributed by atoms with Crippen LogP contribution >= 0.6 is 11.8 Å². The van der Waals surface area contributed by atoms with Crippen molar-refractivity contribution in [3.8, 4) is 11.3 Å². The zero-order valence-electron chi connectivity index (χ0n) is 14.7. The molecule has 2 aromatic carbocycles. The van der Waals surface area contributed by atoms with E-state index in [9.17, 15) is 4.39 Å². The Bertz CT molecular complexity index is 885. The van der Waals surface area contributed by atoms with E-state index in [1.807, 2.05) is 42.1 Å². The van der Waals surface area contributed by atoms with Crippen LogP contribution in [-0.4, -0.2) is 23.0 Å². The molecule has 2 heterocycles. The number of hydrogen-bond acceptors (Lipinski definition) is 3. The highest BCUT2D eigenvalue weighted by molar-refractivity contribution is 7.99. The minimum Gasteiger partial charge on any atom is -0.381 e. The molecule has 1 saturated heterocycles. The summed E-state index contributed by atoms with van der Waals surface area (Å²) in [4.78, 5) is 1.71. The van der Waals surface area contributed by atoms with Gasteiger partial charge in [0.1, 0.15) is 5.82 Å². The lowest BCUT2D eigenvalue weighted by atomic mass is 9.92. The summed E-state index contributed by atoms with van der Waals surface area (Å²) < 4.78 is 21.6. The fourth-order valence-electron chi connectivity index (χ4n) is 3.36. The quantitative estimate of drug-likeness (QED) is 0.628. The molecule has 0 bridgehead atoms. The summed E-state index contributed by atoms with van der Waals surface area (Å²) >= 11 is 1.47. The highest BCUT2D eigenvalue weighted by Gasteiger charge is 2.17. The van der Waals surface area contributed by atoms with Crippen LogP contribution in [0, 0.1) is 5.82 Å². The van der Waals surface area contributed by atoms with E-state index < -0.39 is 0 Å². The Morgan fingerprint density at radius 3 is 2.54 bits per heavy atom. The van der Waals surface area contributed by atoms with Crippen molar-refractivity contribution in [3.63, 3.8) is 0 Å². The number of rotatable bonds is 4. The summed E-state index contributed by atoms with van der Waals surface area (Å²) in [5.41, 5.74) is 3.38. The molecule has 5 heteroatoms. The molecule has 0 aliphatic carbocycles. The van der Waals surface area contributed by atoms with Crippen molar-refractivity contribution in [1.29, 1.82) is 0 Å². The summed E-state index contributed by atoms with van der Waals surface area (Å²) in [5, 5.41) is 4.20. The minimum atomic E-state index is -0.165. The van der Waals surface area contributed by atoms with E-state index >= 15 is 0 Å². The number of nitrogens with zero attached hydrogens (tertiary/aromatic N) is 2. The van der Waals surface area contributed by atoms with Crippen molar-refractivity contribution in [3.05, 3.63) is 66.1 Å². The lowest BCUT2D eigenvalue weighted by Crippen LogP contribution is -2.14. The van der Waals surface area contributed by atoms with Crippen LogP contribution in [0.5, 0.6) is 0 Å². The fraction of sp³-hybridized carbons (Fsp3) is 0.286. The second kappa shape index (κ2) is 7.64. The van der Waals surface area contributed by atoms with Crippen LogP contribution in [0.25, 0.3) is 11.3 Å². The summed E-state index contributed by atoms with van der Waals surface area (Å²) in [5.74, 6) is 0.303. The molecule has 3 aromatic rings. The fourth-order valence-corrected chi connectivity index (χ4v) is 4.25. The number of ether oxygens (including phenoxy) is 1. The van der Waals surface area contributed by atoms with Gasteiger partial charge in [0.15, 0.2) is 0 Å². The maximum atomic E-state index is 14.3. The van der Waals surface area contributed by atoms with Gasteiger partial charge in [-0.2, -0.15) is 5.10 Å². The third-order valence-electron chi connectivity index (χ3n) is 4.85. The van der Waals surface area contributed by atoms with E-state index in [0.29, 0.717) is 10.8 Å². The van der Waals surface area contributed by atoms with Gasteiger partial charge in [-0.15, -0.1) is 0 Å². The molecule has 1 aliphatic rings. The number of aromatic nitrogens is 2. The predicted octanol–water partition coefficient (Wildman–Crippen LogP) is 5.27. The van der Waals surface area contributed by atoms with Crippen molar-refractivity contribution in [1.82, 2.24) is 9.78 Å². The second-order valence-corrected chi connectivity index (χ2v) is 7.66. The smallest absolute Gasteiger partial charge is 0.137 e. The Balaban J connectivity index is 1.54. The van der Waals surface area contributed by atoms with Gasteiger partial charge in [0.25, 0.3) is 0 Å². The maximum Gasteiger partial charge on any atom is 0.137 e. The van der Waals surface area contributed by atoms with Gasteiger partial charge in [-0.3, -0.25) is 4.68 Å². The Hall–Kier alpha value is -2.11. The molecule has 134 valence electrons. The van der Waals surface area contributed by atoms with E-state index in [2.05, 4.69) is 17.2 Å². The third kappa shape index (κ3) is 3.69. The summed E-state index contributed by atoms with van der Waals surface area (Å²) in [7, 11) is 1.93. The second-order valence-electron chi connectivity index (χ2n) is 6.54. The van der Waals surface area contributed by atoms with E-state index in [0.717, 1.165) is 42.2 Å². The summed E-state index contributed by atoms with van der Waals surface area (Å²) in [6.45, 7) is 1.58. The van der Waals surface area contributed by atoms with E-state index in [1.54, 1.807) is 12.3 Å². The van der Waals surface area contributed by atoms with Gasteiger partial charge in [-0.1, -0.05) is 30.0 Å². The molecule has 0 amide bonds. The molecule has 0 spiro atoms. The van der Waals surface area contributed by atoms with Crippen LogP contribution in [0.2, 0.25) is 0 Å². The molecule has 0 N–H and O–H groups in total. The number of aryl methyl sites for hydroxylation is 1. The molecular weight excluding hydrogens is 347 g/mol. The number of benzene rings is 2. The van der Waals surface area contributed by atoms with Crippen LogP contribution in [0.4, 0.5) is 4.39 Å². The molecule has 1 aliphatic heterocycles. The molecule has 26 heavy (non-hydrogen) atoms. The van der Waals surface area contributed by atoms with Crippen LogP contribution in [0.3, 0.4) is 0 Å². The average Bonchev–Trinajstić information content (AvgIpc) is 3.11. The molecule has 0 saturated carbocycles. The van der Waals surface area contributed by atoms with Gasteiger partial charge in [0.05, 0.1) is 5.69 Å². The third-order valence-corrected chi connectivity index (χ3v) is 5.89. The molecule has 0 unspecified atom stereocenters. The molecule has 0 atom stereocenters. The first kappa shape index (κ1) is 17.3. The highest BCUT2D eigenvalue weighted by Crippen LogP contribution is 2.35. The topological polar surface area (TPSA) is 27.1 Å². The van der Waals surface area contributed by atoms with E-state index in [4.69, 9.17) is 4.74 Å². The first-order valence-electron chi connectivity index (χ1n) is 8.84. The standard InChI is InChI=1S/C21H21FN2OS/c1-24-20(8-11-23-24)16-2-5-18(6-3-16)26-21-14-17(4-7-19(21)22)15-9-12-25-13-10-15/h2-8,11,14-15H,9-10,12-13H2,1H3. The van der Waals surface area contributed by atoms with Crippen LogP contribution in [0.15, 0.2) is 64.5 Å². The van der Waals surface area contributed by atoms with Gasteiger partial charge in [0.2, 0.25) is 0 Å². The van der Waals surface area contributed by atoms with E-state index in [-0.39, 0.29) is 5.82 Å². The number of hydrogen-bond donors (Lipinski definition) is 0. The maximum absolute atomic E-state index is 14.3. The Morgan fingerprint density at radius 1 is 1.08 bits per heavy atom. The van der Waals surface area contributed by atoms with Crippen molar-refractivity contribution in [2.45, 2.75) is 28.6 Å². The monoisotopic (exact) mass is 368 g/mol. The van der Waals surface area contributed by atoms with Gasteiger partial charge in [-0.05, 0) is 60.2 Å². The molecule has 0 radical (unpaired) electrons. The van der Waals surface area contributed by atoms with Gasteiger partial charge >= 0.3 is 0 Å². The largest absolute Gasteiger partial charge is 0.381 e.